The number of allylic oxidation sites excluding steroid dienone is 1. The second-order valence-corrected chi connectivity index (χ2v) is 7.99. The Balaban J connectivity index is 1.74. The summed E-state index contributed by atoms with van der Waals surface area (Å²) in [6.07, 6.45) is 7.15. The number of nitriles is 1. The van der Waals surface area contributed by atoms with Crippen molar-refractivity contribution in [3.05, 3.63) is 34.7 Å². The molecule has 0 aromatic carbocycles. The molecule has 0 amide bonds. The van der Waals surface area contributed by atoms with Gasteiger partial charge in [-0.2, -0.15) is 5.26 Å². The summed E-state index contributed by atoms with van der Waals surface area (Å²) in [6.45, 7) is 2.64. The van der Waals surface area contributed by atoms with Crippen LogP contribution in [0.1, 0.15) is 42.5 Å². The zero-order chi connectivity index (χ0) is 17.6. The summed E-state index contributed by atoms with van der Waals surface area (Å²) in [6, 6.07) is 4.28. The number of likely N-dealkylation sites (tertiary alicyclic amines) is 1. The van der Waals surface area contributed by atoms with Crippen LogP contribution in [0, 0.1) is 16.7 Å². The molecule has 5 nitrogen and oxygen atoms in total. The normalized spacial score (nSPS) is 21.5. The molecule has 0 N–H and O–H groups in total. The lowest BCUT2D eigenvalue weighted by Gasteiger charge is -2.37. The maximum Gasteiger partial charge on any atom is 0.179 e. The van der Waals surface area contributed by atoms with Gasteiger partial charge in [-0.3, -0.25) is 9.78 Å². The smallest absolute Gasteiger partial charge is 0.179 e. The maximum atomic E-state index is 12.5. The Labute approximate surface area is 148 Å². The van der Waals surface area contributed by atoms with Crippen molar-refractivity contribution in [1.29, 1.82) is 5.26 Å². The van der Waals surface area contributed by atoms with E-state index in [1.54, 1.807) is 0 Å². The van der Waals surface area contributed by atoms with Gasteiger partial charge < -0.3 is 9.80 Å². The SMILES string of the molecule is CN(C)Cc1cc2c(cn1)CC(=O)C(C#N)=C2N1CCC2(CC1)CC2. The van der Waals surface area contributed by atoms with Gasteiger partial charge in [0.1, 0.15) is 11.6 Å². The summed E-state index contributed by atoms with van der Waals surface area (Å²) < 4.78 is 0. The molecule has 5 heteroatoms. The highest BCUT2D eigenvalue weighted by Crippen LogP contribution is 2.54. The van der Waals surface area contributed by atoms with E-state index in [0.717, 1.165) is 42.2 Å². The van der Waals surface area contributed by atoms with Crippen molar-refractivity contribution >= 4 is 11.5 Å². The highest BCUT2D eigenvalue weighted by molar-refractivity contribution is 6.09. The number of pyridine rings is 1. The number of hydrogen-bond donors (Lipinski definition) is 0. The number of hydrogen-bond acceptors (Lipinski definition) is 5. The van der Waals surface area contributed by atoms with Crippen LogP contribution in [0.5, 0.6) is 0 Å². The molecule has 0 unspecified atom stereocenters. The van der Waals surface area contributed by atoms with Gasteiger partial charge in [0.25, 0.3) is 0 Å². The highest BCUT2D eigenvalue weighted by atomic mass is 16.1. The first-order valence-electron chi connectivity index (χ1n) is 9.07. The van der Waals surface area contributed by atoms with E-state index in [1.165, 1.54) is 25.7 Å². The minimum atomic E-state index is -0.0705. The standard InChI is InChI=1S/C20H24N4O/c1-23(2)13-15-10-16-14(12-22-15)9-18(25)17(11-21)19(16)24-7-5-20(3-4-20)6-8-24/h10,12H,3-9,13H2,1-2H3. The molecule has 0 bridgehead atoms. The molecule has 1 aliphatic heterocycles. The molecule has 0 radical (unpaired) electrons. The summed E-state index contributed by atoms with van der Waals surface area (Å²) >= 11 is 0. The topological polar surface area (TPSA) is 60.2 Å². The highest BCUT2D eigenvalue weighted by Gasteiger charge is 2.45. The first-order valence-corrected chi connectivity index (χ1v) is 9.07. The number of aromatic nitrogens is 1. The molecular formula is C20H24N4O. The molecule has 2 fully saturated rings. The molecule has 1 spiro atoms. The number of nitrogens with zero attached hydrogens (tertiary/aromatic N) is 4. The fourth-order valence-corrected chi connectivity index (χ4v) is 4.15. The third-order valence-corrected chi connectivity index (χ3v) is 5.85. The van der Waals surface area contributed by atoms with Crippen molar-refractivity contribution in [2.24, 2.45) is 5.41 Å². The summed E-state index contributed by atoms with van der Waals surface area (Å²) in [5.41, 5.74) is 4.72. The van der Waals surface area contributed by atoms with Gasteiger partial charge in [0.2, 0.25) is 0 Å². The fourth-order valence-electron chi connectivity index (χ4n) is 4.15. The third kappa shape index (κ3) is 2.96. The number of fused-ring (bicyclic) bond motifs is 1. The van der Waals surface area contributed by atoms with Crippen LogP contribution in [0.2, 0.25) is 0 Å². The number of Topliss-reactive ketones (excluding diaryl/α,β-unsaturated/α-hetero) is 1. The van der Waals surface area contributed by atoms with E-state index >= 15 is 0 Å². The lowest BCUT2D eigenvalue weighted by atomic mass is 9.86. The Morgan fingerprint density at radius 2 is 2.00 bits per heavy atom. The van der Waals surface area contributed by atoms with E-state index in [1.807, 2.05) is 20.3 Å². The van der Waals surface area contributed by atoms with Crippen molar-refractivity contribution in [3.8, 4) is 6.07 Å². The molecule has 0 atom stereocenters. The Hall–Kier alpha value is -2.19. The van der Waals surface area contributed by atoms with Gasteiger partial charge in [-0.05, 0) is 56.8 Å². The van der Waals surface area contributed by atoms with Crippen molar-refractivity contribution < 1.29 is 4.79 Å². The van der Waals surface area contributed by atoms with Gasteiger partial charge in [0.15, 0.2) is 5.78 Å². The lowest BCUT2D eigenvalue weighted by Crippen LogP contribution is -2.36. The van der Waals surface area contributed by atoms with Crippen molar-refractivity contribution in [3.63, 3.8) is 0 Å². The second-order valence-electron chi connectivity index (χ2n) is 7.99. The van der Waals surface area contributed by atoms with Crippen LogP contribution in [-0.4, -0.2) is 47.8 Å². The zero-order valence-electron chi connectivity index (χ0n) is 15.0. The molecule has 1 aromatic heterocycles. The first-order chi connectivity index (χ1) is 12.0. The Bertz CT molecular complexity index is 788. The van der Waals surface area contributed by atoms with Crippen LogP contribution in [0.4, 0.5) is 0 Å². The van der Waals surface area contributed by atoms with Gasteiger partial charge >= 0.3 is 0 Å². The predicted octanol–water partition coefficient (Wildman–Crippen LogP) is 2.38. The van der Waals surface area contributed by atoms with Gasteiger partial charge in [0.05, 0.1) is 11.4 Å². The van der Waals surface area contributed by atoms with Crippen LogP contribution in [0.3, 0.4) is 0 Å². The minimum Gasteiger partial charge on any atom is -0.370 e. The molecule has 1 aromatic rings. The van der Waals surface area contributed by atoms with E-state index in [9.17, 15) is 10.1 Å². The molecule has 4 rings (SSSR count). The summed E-state index contributed by atoms with van der Waals surface area (Å²) in [5.74, 6) is -0.0705. The fraction of sp³-hybridized carbons (Fsp3) is 0.550. The van der Waals surface area contributed by atoms with Crippen molar-refractivity contribution in [2.45, 2.75) is 38.6 Å². The van der Waals surface area contributed by atoms with Crippen LogP contribution < -0.4 is 0 Å². The molecule has 25 heavy (non-hydrogen) atoms. The van der Waals surface area contributed by atoms with E-state index < -0.39 is 0 Å². The molecule has 2 heterocycles. The van der Waals surface area contributed by atoms with Gasteiger partial charge in [0, 0.05) is 37.8 Å². The molecule has 130 valence electrons. The Kier molecular flexibility index (Phi) is 3.88. The number of ketones is 1. The predicted molar refractivity (Wildman–Crippen MR) is 95.3 cm³/mol. The van der Waals surface area contributed by atoms with E-state index in [4.69, 9.17) is 0 Å². The second kappa shape index (κ2) is 5.96. The monoisotopic (exact) mass is 336 g/mol. The molecule has 1 saturated heterocycles. The molecule has 3 aliphatic rings. The van der Waals surface area contributed by atoms with Crippen molar-refractivity contribution in [1.82, 2.24) is 14.8 Å². The molecule has 2 aliphatic carbocycles. The number of carbonyl (C=O) groups is 1. The summed E-state index contributed by atoms with van der Waals surface area (Å²) in [5, 5.41) is 9.64. The largest absolute Gasteiger partial charge is 0.370 e. The van der Waals surface area contributed by atoms with Gasteiger partial charge in [-0.15, -0.1) is 0 Å². The van der Waals surface area contributed by atoms with Gasteiger partial charge in [-0.25, -0.2) is 0 Å². The van der Waals surface area contributed by atoms with Crippen molar-refractivity contribution in [2.75, 3.05) is 27.2 Å². The van der Waals surface area contributed by atoms with Gasteiger partial charge in [-0.1, -0.05) is 0 Å². The average molecular weight is 336 g/mol. The van der Waals surface area contributed by atoms with E-state index in [0.29, 0.717) is 11.0 Å². The quantitative estimate of drug-likeness (QED) is 0.848. The average Bonchev–Trinajstić information content (AvgIpc) is 3.33. The summed E-state index contributed by atoms with van der Waals surface area (Å²) in [4.78, 5) is 21.4. The minimum absolute atomic E-state index is 0.0705. The van der Waals surface area contributed by atoms with E-state index in [-0.39, 0.29) is 12.2 Å². The zero-order valence-corrected chi connectivity index (χ0v) is 15.0. The first kappa shape index (κ1) is 16.3. The number of carbonyl (C=O) groups excluding carboxylic acids is 1. The maximum absolute atomic E-state index is 12.5. The summed E-state index contributed by atoms with van der Waals surface area (Å²) in [7, 11) is 4.03. The van der Waals surface area contributed by atoms with Crippen LogP contribution in [-0.2, 0) is 17.8 Å². The van der Waals surface area contributed by atoms with Crippen LogP contribution in [0.25, 0.3) is 5.70 Å². The number of rotatable bonds is 3. The number of piperidine rings is 1. The lowest BCUT2D eigenvalue weighted by molar-refractivity contribution is -0.114. The Morgan fingerprint density at radius 1 is 1.28 bits per heavy atom. The van der Waals surface area contributed by atoms with E-state index in [2.05, 4.69) is 26.9 Å². The third-order valence-electron chi connectivity index (χ3n) is 5.85. The van der Waals surface area contributed by atoms with Crippen LogP contribution >= 0.6 is 0 Å². The molecule has 1 saturated carbocycles. The van der Waals surface area contributed by atoms with Crippen LogP contribution in [0.15, 0.2) is 17.8 Å². The molecular weight excluding hydrogens is 312 g/mol. The Morgan fingerprint density at radius 3 is 2.60 bits per heavy atom.